The number of rotatable bonds is 4. The first-order valence-electron chi connectivity index (χ1n) is 7.10. The highest BCUT2D eigenvalue weighted by molar-refractivity contribution is 5.89. The molecule has 22 heavy (non-hydrogen) atoms. The van der Waals surface area contributed by atoms with Gasteiger partial charge in [-0.2, -0.15) is 5.10 Å². The molecule has 0 saturated heterocycles. The second-order valence-corrected chi connectivity index (χ2v) is 6.18. The summed E-state index contributed by atoms with van der Waals surface area (Å²) in [5.41, 5.74) is 2.34. The van der Waals surface area contributed by atoms with Crippen molar-refractivity contribution in [3.63, 3.8) is 0 Å². The first-order chi connectivity index (χ1) is 10.3. The fourth-order valence-corrected chi connectivity index (χ4v) is 2.01. The number of nitrogens with zero attached hydrogens (tertiary/aromatic N) is 2. The molecule has 5 nitrogen and oxygen atoms in total. The summed E-state index contributed by atoms with van der Waals surface area (Å²) >= 11 is 0. The zero-order valence-electron chi connectivity index (χ0n) is 13.3. The third-order valence-electron chi connectivity index (χ3n) is 3.04. The summed E-state index contributed by atoms with van der Waals surface area (Å²) in [5, 5.41) is 4.19. The van der Waals surface area contributed by atoms with Crippen LogP contribution in [0.5, 0.6) is 0 Å². The van der Waals surface area contributed by atoms with Crippen LogP contribution >= 0.6 is 0 Å². The topological polar surface area (TPSA) is 61.2 Å². The number of aldehydes is 1. The van der Waals surface area contributed by atoms with E-state index in [1.165, 1.54) is 0 Å². The molecule has 0 aliphatic rings. The molecular weight excluding hydrogens is 280 g/mol. The maximum Gasteiger partial charge on any atom is 0.338 e. The van der Waals surface area contributed by atoms with Crippen molar-refractivity contribution in [1.29, 1.82) is 0 Å². The number of aromatic nitrogens is 2. The molecule has 2 rings (SSSR count). The zero-order chi connectivity index (χ0) is 16.3. The van der Waals surface area contributed by atoms with E-state index >= 15 is 0 Å². The molecule has 0 atom stereocenters. The molecule has 0 N–H and O–H groups in total. The Bertz CT molecular complexity index is 679. The van der Waals surface area contributed by atoms with Crippen molar-refractivity contribution >= 4 is 12.3 Å². The fourth-order valence-electron chi connectivity index (χ4n) is 2.01. The molecule has 0 amide bonds. The van der Waals surface area contributed by atoms with Crippen molar-refractivity contribution in [2.24, 2.45) is 0 Å². The highest BCUT2D eigenvalue weighted by Crippen LogP contribution is 2.14. The van der Waals surface area contributed by atoms with Crippen LogP contribution in [0.3, 0.4) is 0 Å². The normalized spacial score (nSPS) is 11.3. The highest BCUT2D eigenvalue weighted by atomic mass is 16.6. The molecule has 116 valence electrons. The van der Waals surface area contributed by atoms with Crippen LogP contribution in [0.2, 0.25) is 0 Å². The summed E-state index contributed by atoms with van der Waals surface area (Å²) in [7, 11) is 0. The maximum absolute atomic E-state index is 11.9. The number of carbonyl (C=O) groups is 2. The van der Waals surface area contributed by atoms with Gasteiger partial charge in [-0.15, -0.1) is 0 Å². The van der Waals surface area contributed by atoms with Gasteiger partial charge in [0.1, 0.15) is 11.3 Å². The minimum atomic E-state index is -0.507. The van der Waals surface area contributed by atoms with E-state index in [4.69, 9.17) is 4.74 Å². The molecule has 0 spiro atoms. The maximum atomic E-state index is 11.9. The van der Waals surface area contributed by atoms with Crippen molar-refractivity contribution < 1.29 is 14.3 Å². The molecular formula is C17H20N2O3. The Morgan fingerprint density at radius 3 is 2.41 bits per heavy atom. The molecule has 0 unspecified atom stereocenters. The molecule has 1 aromatic heterocycles. The van der Waals surface area contributed by atoms with Crippen LogP contribution in [0.4, 0.5) is 0 Å². The summed E-state index contributed by atoms with van der Waals surface area (Å²) in [6, 6.07) is 8.94. The van der Waals surface area contributed by atoms with E-state index in [-0.39, 0.29) is 5.97 Å². The van der Waals surface area contributed by atoms with E-state index in [9.17, 15) is 9.59 Å². The molecule has 2 aromatic rings. The minimum absolute atomic E-state index is 0.336. The first kappa shape index (κ1) is 15.9. The molecule has 0 radical (unpaired) electrons. The van der Waals surface area contributed by atoms with Crippen LogP contribution in [-0.4, -0.2) is 27.6 Å². The monoisotopic (exact) mass is 300 g/mol. The van der Waals surface area contributed by atoms with Gasteiger partial charge < -0.3 is 4.74 Å². The van der Waals surface area contributed by atoms with E-state index < -0.39 is 5.60 Å². The second-order valence-electron chi connectivity index (χ2n) is 6.18. The molecule has 0 aliphatic carbocycles. The van der Waals surface area contributed by atoms with Gasteiger partial charge in [-0.3, -0.25) is 9.48 Å². The van der Waals surface area contributed by atoms with Gasteiger partial charge in [-0.05, 0) is 51.5 Å². The van der Waals surface area contributed by atoms with Crippen molar-refractivity contribution in [3.05, 3.63) is 52.8 Å². The largest absolute Gasteiger partial charge is 0.456 e. The molecule has 0 fully saturated rings. The number of aryl methyl sites for hydroxylation is 1. The Morgan fingerprint density at radius 1 is 1.27 bits per heavy atom. The summed E-state index contributed by atoms with van der Waals surface area (Å²) in [6.45, 7) is 7.96. The van der Waals surface area contributed by atoms with E-state index in [0.717, 1.165) is 17.5 Å². The van der Waals surface area contributed by atoms with E-state index in [2.05, 4.69) is 5.10 Å². The van der Waals surface area contributed by atoms with E-state index in [0.29, 0.717) is 17.8 Å². The number of benzene rings is 1. The zero-order valence-corrected chi connectivity index (χ0v) is 13.3. The van der Waals surface area contributed by atoms with Gasteiger partial charge in [0.2, 0.25) is 0 Å². The van der Waals surface area contributed by atoms with Gasteiger partial charge in [-0.25, -0.2) is 4.79 Å². The average Bonchev–Trinajstić information content (AvgIpc) is 2.78. The Hall–Kier alpha value is -2.43. The van der Waals surface area contributed by atoms with E-state index in [1.54, 1.807) is 22.9 Å². The van der Waals surface area contributed by atoms with Gasteiger partial charge in [0.15, 0.2) is 6.29 Å². The molecule has 0 saturated carbocycles. The molecule has 5 heteroatoms. The van der Waals surface area contributed by atoms with Crippen LogP contribution in [-0.2, 0) is 11.3 Å². The average molecular weight is 300 g/mol. The van der Waals surface area contributed by atoms with Gasteiger partial charge in [0.05, 0.1) is 12.1 Å². The lowest BCUT2D eigenvalue weighted by Crippen LogP contribution is -2.23. The van der Waals surface area contributed by atoms with Crippen LogP contribution in [0, 0.1) is 6.92 Å². The van der Waals surface area contributed by atoms with Crippen molar-refractivity contribution in [2.75, 3.05) is 0 Å². The standard InChI is InChI=1S/C17H20N2O3/c1-12-9-15(11-20)18-19(12)10-13-5-7-14(8-6-13)16(21)22-17(2,3)4/h5-9,11H,10H2,1-4H3. The lowest BCUT2D eigenvalue weighted by Gasteiger charge is -2.19. The predicted octanol–water partition coefficient (Wildman–Crippen LogP) is 3.01. The number of ether oxygens (including phenoxy) is 1. The number of hydrogen-bond donors (Lipinski definition) is 0. The number of carbonyl (C=O) groups excluding carboxylic acids is 2. The fraction of sp³-hybridized carbons (Fsp3) is 0.353. The SMILES string of the molecule is Cc1cc(C=O)nn1Cc1ccc(C(=O)OC(C)(C)C)cc1. The van der Waals surface area contributed by atoms with Gasteiger partial charge in [0.25, 0.3) is 0 Å². The second kappa shape index (κ2) is 6.13. The van der Waals surface area contributed by atoms with Crippen molar-refractivity contribution in [3.8, 4) is 0 Å². The summed E-state index contributed by atoms with van der Waals surface area (Å²) < 4.78 is 7.08. The Labute approximate surface area is 129 Å². The van der Waals surface area contributed by atoms with Gasteiger partial charge >= 0.3 is 5.97 Å². The van der Waals surface area contributed by atoms with Gasteiger partial charge in [-0.1, -0.05) is 12.1 Å². The van der Waals surface area contributed by atoms with Crippen LogP contribution in [0.15, 0.2) is 30.3 Å². The number of hydrogen-bond acceptors (Lipinski definition) is 4. The van der Waals surface area contributed by atoms with E-state index in [1.807, 2.05) is 39.8 Å². The van der Waals surface area contributed by atoms with Crippen molar-refractivity contribution in [2.45, 2.75) is 39.8 Å². The summed E-state index contributed by atoms with van der Waals surface area (Å²) in [4.78, 5) is 22.7. The lowest BCUT2D eigenvalue weighted by atomic mass is 10.1. The Kier molecular flexibility index (Phi) is 4.45. The summed E-state index contributed by atoms with van der Waals surface area (Å²) in [5.74, 6) is -0.336. The Balaban J connectivity index is 2.10. The Morgan fingerprint density at radius 2 is 1.91 bits per heavy atom. The number of esters is 1. The summed E-state index contributed by atoms with van der Waals surface area (Å²) in [6.07, 6.45) is 0.731. The predicted molar refractivity (Wildman–Crippen MR) is 83.1 cm³/mol. The lowest BCUT2D eigenvalue weighted by molar-refractivity contribution is 0.00694. The van der Waals surface area contributed by atoms with Gasteiger partial charge in [0, 0.05) is 5.69 Å². The highest BCUT2D eigenvalue weighted by Gasteiger charge is 2.17. The third-order valence-corrected chi connectivity index (χ3v) is 3.04. The van der Waals surface area contributed by atoms with Crippen LogP contribution in [0.25, 0.3) is 0 Å². The third kappa shape index (κ3) is 4.04. The molecule has 1 aromatic carbocycles. The molecule has 1 heterocycles. The first-order valence-corrected chi connectivity index (χ1v) is 7.10. The molecule has 0 bridgehead atoms. The smallest absolute Gasteiger partial charge is 0.338 e. The van der Waals surface area contributed by atoms with Crippen LogP contribution in [0.1, 0.15) is 52.9 Å². The van der Waals surface area contributed by atoms with Crippen molar-refractivity contribution in [1.82, 2.24) is 9.78 Å². The quantitative estimate of drug-likeness (QED) is 0.643. The minimum Gasteiger partial charge on any atom is -0.456 e. The van der Waals surface area contributed by atoms with Crippen LogP contribution < -0.4 is 0 Å². The molecule has 0 aliphatic heterocycles.